The molecular weight excluding hydrogens is 1190 g/mol. The zero-order valence-corrected chi connectivity index (χ0v) is 56.2. The third-order valence-electron chi connectivity index (χ3n) is 14.6. The third kappa shape index (κ3) is 50.8. The average Bonchev–Trinajstić information content (AvgIpc) is 2.63. The maximum atomic E-state index is 13.3. The Labute approximate surface area is 541 Å². The van der Waals surface area contributed by atoms with Crippen molar-refractivity contribution in [3.8, 4) is 0 Å². The second-order valence-electron chi connectivity index (χ2n) is 22.5. The molecular formula is C64H118N6O17S2. The van der Waals surface area contributed by atoms with Crippen LogP contribution in [0.5, 0.6) is 0 Å². The highest BCUT2D eigenvalue weighted by Gasteiger charge is 2.41. The second-order valence-corrected chi connectivity index (χ2v) is 25.0. The van der Waals surface area contributed by atoms with Crippen LogP contribution in [0.3, 0.4) is 0 Å². The van der Waals surface area contributed by atoms with Crippen molar-refractivity contribution < 1.29 is 81.1 Å². The average molecular weight is 1310 g/mol. The Bertz CT molecular complexity index is 1830. The van der Waals surface area contributed by atoms with E-state index in [0.717, 1.165) is 61.6 Å². The number of carbonyl (C=O) groups excluding carboxylic acids is 8. The lowest BCUT2D eigenvalue weighted by Gasteiger charge is -2.20. The van der Waals surface area contributed by atoms with Crippen LogP contribution in [0.2, 0.25) is 0 Å². The van der Waals surface area contributed by atoms with E-state index in [-0.39, 0.29) is 87.8 Å². The van der Waals surface area contributed by atoms with Gasteiger partial charge in [0.05, 0.1) is 97.1 Å². The van der Waals surface area contributed by atoms with Gasteiger partial charge in [0, 0.05) is 56.7 Å². The molecule has 8 N–H and O–H groups in total. The van der Waals surface area contributed by atoms with Crippen LogP contribution >= 0.6 is 23.5 Å². The predicted molar refractivity (Wildman–Crippen MR) is 348 cm³/mol. The smallest absolute Gasteiger partial charge is 0.306 e. The molecule has 4 unspecified atom stereocenters. The summed E-state index contributed by atoms with van der Waals surface area (Å²) in [4.78, 5) is 107. The largest absolute Gasteiger partial charge is 0.462 e. The summed E-state index contributed by atoms with van der Waals surface area (Å²) in [5.41, 5.74) is 19.9. The Morgan fingerprint density at radius 1 is 0.539 bits per heavy atom. The van der Waals surface area contributed by atoms with Crippen LogP contribution in [0.25, 0.3) is 0 Å². The number of rotatable bonds is 67. The van der Waals surface area contributed by atoms with E-state index in [1.54, 1.807) is 0 Å². The molecule has 0 aliphatic carbocycles. The maximum Gasteiger partial charge on any atom is 0.306 e. The summed E-state index contributed by atoms with van der Waals surface area (Å²) < 4.78 is 43.9. The molecule has 89 heavy (non-hydrogen) atoms. The lowest BCUT2D eigenvalue weighted by Crippen LogP contribution is -2.44. The van der Waals surface area contributed by atoms with Crippen molar-refractivity contribution in [2.75, 3.05) is 124 Å². The summed E-state index contributed by atoms with van der Waals surface area (Å²) in [5.74, 6) is -3.26. The van der Waals surface area contributed by atoms with Crippen LogP contribution in [-0.4, -0.2) is 198 Å². The number of Topliss-reactive ketones (excluding diaryl/α,β-unsaturated/α-hetero) is 2. The zero-order valence-electron chi connectivity index (χ0n) is 54.6. The number of unbranched alkanes of at least 4 members (excludes halogenated alkanes) is 24. The van der Waals surface area contributed by atoms with Crippen LogP contribution in [0.1, 0.15) is 213 Å². The van der Waals surface area contributed by atoms with E-state index in [1.807, 2.05) is 0 Å². The molecule has 4 atom stereocenters. The summed E-state index contributed by atoms with van der Waals surface area (Å²) in [6.45, 7) is 8.22. The molecule has 1 heterocycles. The van der Waals surface area contributed by atoms with Crippen LogP contribution < -0.4 is 28.0 Å². The first-order valence-corrected chi connectivity index (χ1v) is 35.7. The molecule has 0 aromatic carbocycles. The van der Waals surface area contributed by atoms with Crippen molar-refractivity contribution in [1.82, 2.24) is 15.7 Å². The molecule has 1 aliphatic heterocycles. The number of ketones is 2. The van der Waals surface area contributed by atoms with E-state index >= 15 is 0 Å². The van der Waals surface area contributed by atoms with Crippen molar-refractivity contribution in [3.05, 3.63) is 0 Å². The quantitative estimate of drug-likeness (QED) is 0.0128. The van der Waals surface area contributed by atoms with Gasteiger partial charge in [-0.05, 0) is 12.8 Å². The molecule has 1 rings (SSSR count). The van der Waals surface area contributed by atoms with Gasteiger partial charge < -0.3 is 60.4 Å². The number of nitrogens with one attached hydrogen (secondary N) is 2. The molecule has 1 saturated heterocycles. The fourth-order valence-corrected chi connectivity index (χ4v) is 11.4. The van der Waals surface area contributed by atoms with Crippen molar-refractivity contribution in [3.63, 3.8) is 0 Å². The topological polar surface area (TPSA) is 325 Å². The first-order chi connectivity index (χ1) is 43.3. The van der Waals surface area contributed by atoms with E-state index in [0.29, 0.717) is 85.5 Å². The highest BCUT2D eigenvalue weighted by Crippen LogP contribution is 2.28. The normalized spacial score (nSPS) is 14.3. The molecule has 0 saturated carbocycles. The minimum absolute atomic E-state index is 0.0233. The van der Waals surface area contributed by atoms with E-state index in [4.69, 9.17) is 59.9 Å². The van der Waals surface area contributed by atoms with Gasteiger partial charge in [-0.15, -0.1) is 11.8 Å². The van der Waals surface area contributed by atoms with Gasteiger partial charge in [-0.1, -0.05) is 168 Å². The predicted octanol–water partition coefficient (Wildman–Crippen LogP) is 7.75. The molecule has 1 aliphatic rings. The summed E-state index contributed by atoms with van der Waals surface area (Å²) >= 11 is 2.09. The van der Waals surface area contributed by atoms with Gasteiger partial charge in [-0.3, -0.25) is 48.1 Å². The molecule has 23 nitrogen and oxygen atoms in total. The standard InChI is InChI=1S/C64H118N6O17S2/c1-3-5-7-9-11-13-15-17-19-21-23-25-27-29-60(75)85-49-54(87-61(76)30-28-26-24-22-20-18-16-14-12-10-8-6-4-2)51-88-52-55(66)62(77)63(67)89-56-47-59(74)70(64(56)78)34-31-57(72)69-86-50-58(73)68-33-36-80-38-40-82-42-44-84-46-45-83-43-41-81-39-37-79-35-32-53(71)48-65/h54-56,63H,3-52,65-67H2,1-2H3,(H,68,73)(H,69,72). The number of nitrogens with zero attached hydrogens (tertiary/aromatic N) is 1. The van der Waals surface area contributed by atoms with Crippen LogP contribution in [-0.2, 0) is 81.1 Å². The number of carbonyl (C=O) groups is 8. The van der Waals surface area contributed by atoms with Gasteiger partial charge in [0.2, 0.25) is 23.6 Å². The number of likely N-dealkylation sites (tertiary alicyclic amines) is 1. The number of ether oxygens (including phenoxy) is 8. The number of hydrogen-bond acceptors (Lipinski definition) is 22. The molecule has 518 valence electrons. The Morgan fingerprint density at radius 2 is 0.978 bits per heavy atom. The summed E-state index contributed by atoms with van der Waals surface area (Å²) in [5, 5.41) is 0.400. The monoisotopic (exact) mass is 1310 g/mol. The minimum atomic E-state index is -1.23. The number of hydroxylamine groups is 1. The van der Waals surface area contributed by atoms with Gasteiger partial charge in [-0.2, -0.15) is 11.8 Å². The number of esters is 2. The zero-order chi connectivity index (χ0) is 65.1. The maximum absolute atomic E-state index is 13.3. The van der Waals surface area contributed by atoms with Crippen LogP contribution in [0.15, 0.2) is 0 Å². The first-order valence-electron chi connectivity index (χ1n) is 33.7. The molecule has 25 heteroatoms. The summed E-state index contributed by atoms with van der Waals surface area (Å²) in [6.07, 6.45) is 30.7. The fourth-order valence-electron chi connectivity index (χ4n) is 9.30. The summed E-state index contributed by atoms with van der Waals surface area (Å²) in [7, 11) is 0. The minimum Gasteiger partial charge on any atom is -0.462 e. The number of nitrogens with two attached hydrogens (primary N) is 3. The van der Waals surface area contributed by atoms with Crippen molar-refractivity contribution >= 4 is 70.7 Å². The van der Waals surface area contributed by atoms with Crippen molar-refractivity contribution in [1.29, 1.82) is 0 Å². The lowest BCUT2D eigenvalue weighted by molar-refractivity contribution is -0.157. The molecule has 0 aromatic heterocycles. The van der Waals surface area contributed by atoms with Crippen LogP contribution in [0.4, 0.5) is 0 Å². The molecule has 0 aromatic rings. The van der Waals surface area contributed by atoms with Crippen LogP contribution in [0, 0.1) is 0 Å². The van der Waals surface area contributed by atoms with Gasteiger partial charge >= 0.3 is 11.9 Å². The number of amides is 4. The van der Waals surface area contributed by atoms with Gasteiger partial charge in [0.25, 0.3) is 0 Å². The number of hydrogen-bond donors (Lipinski definition) is 5. The molecule has 4 amide bonds. The Balaban J connectivity index is 2.35. The Morgan fingerprint density at radius 3 is 1.45 bits per heavy atom. The highest BCUT2D eigenvalue weighted by molar-refractivity contribution is 8.02. The fraction of sp³-hybridized carbons (Fsp3) is 0.875. The molecule has 0 bridgehead atoms. The lowest BCUT2D eigenvalue weighted by atomic mass is 10.0. The van der Waals surface area contributed by atoms with E-state index in [9.17, 15) is 38.4 Å². The van der Waals surface area contributed by atoms with Crippen molar-refractivity contribution in [2.45, 2.75) is 236 Å². The molecule has 0 radical (unpaired) electrons. The van der Waals surface area contributed by atoms with Crippen molar-refractivity contribution in [2.24, 2.45) is 17.2 Å². The van der Waals surface area contributed by atoms with E-state index in [2.05, 4.69) is 24.6 Å². The number of thioether (sulfide) groups is 2. The Hall–Kier alpha value is -3.34. The second kappa shape index (κ2) is 60.9. The van der Waals surface area contributed by atoms with Gasteiger partial charge in [0.1, 0.15) is 23.9 Å². The van der Waals surface area contributed by atoms with Gasteiger partial charge in [0.15, 0.2) is 12.4 Å². The van der Waals surface area contributed by atoms with E-state index in [1.165, 1.54) is 127 Å². The SMILES string of the molecule is CCCCCCCCCCCCCCCC(=O)OCC(CSCC(N)C(=O)C(N)SC1CC(=O)N(CCC(=O)NOCC(=O)NCCOCCOCCOCCOCCOCCOCCC(=O)CN)C1=O)OC(=O)CCCCCCCCCCCCCCC. The Kier molecular flexibility index (Phi) is 57.2. The van der Waals surface area contributed by atoms with Gasteiger partial charge in [-0.25, -0.2) is 5.48 Å². The third-order valence-corrected chi connectivity index (χ3v) is 17.0. The molecule has 1 fully saturated rings. The first kappa shape index (κ1) is 83.7. The number of imide groups is 1. The summed E-state index contributed by atoms with van der Waals surface area (Å²) in [6, 6.07) is -1.05. The van der Waals surface area contributed by atoms with E-state index < -0.39 is 58.8 Å². The highest BCUT2D eigenvalue weighted by atomic mass is 32.2. The molecule has 0 spiro atoms.